The largest absolute Gasteiger partial charge is 0.466 e. The second kappa shape index (κ2) is 7.99. The third-order valence-corrected chi connectivity index (χ3v) is 3.16. The van der Waals surface area contributed by atoms with Crippen molar-refractivity contribution < 1.29 is 23.7 Å². The molecule has 20 heavy (non-hydrogen) atoms. The van der Waals surface area contributed by atoms with Crippen LogP contribution in [0.4, 0.5) is 0 Å². The van der Waals surface area contributed by atoms with E-state index in [4.69, 9.17) is 18.9 Å². The van der Waals surface area contributed by atoms with Crippen LogP contribution in [-0.2, 0) is 23.7 Å². The van der Waals surface area contributed by atoms with Gasteiger partial charge in [-0.3, -0.25) is 4.79 Å². The first-order valence-electron chi connectivity index (χ1n) is 6.49. The number of benzene rings is 1. The van der Waals surface area contributed by atoms with E-state index in [1.54, 1.807) is 6.92 Å². The van der Waals surface area contributed by atoms with Crippen LogP contribution in [0.15, 0.2) is 30.3 Å². The molecule has 112 valence electrons. The van der Waals surface area contributed by atoms with Gasteiger partial charge in [-0.2, -0.15) is 0 Å². The third kappa shape index (κ3) is 3.79. The van der Waals surface area contributed by atoms with Crippen molar-refractivity contribution in [1.29, 1.82) is 0 Å². The van der Waals surface area contributed by atoms with Gasteiger partial charge in [0, 0.05) is 21.3 Å². The van der Waals surface area contributed by atoms with E-state index in [0.717, 1.165) is 5.56 Å². The summed E-state index contributed by atoms with van der Waals surface area (Å²) in [4.78, 5) is 11.8. The second-order valence-electron chi connectivity index (χ2n) is 4.19. The molecular weight excluding hydrogens is 260 g/mol. The molecule has 0 saturated heterocycles. The van der Waals surface area contributed by atoms with Crippen LogP contribution in [0.1, 0.15) is 24.8 Å². The van der Waals surface area contributed by atoms with Crippen molar-refractivity contribution in [1.82, 2.24) is 0 Å². The molecule has 5 heteroatoms. The van der Waals surface area contributed by atoms with Gasteiger partial charge in [-0.05, 0) is 12.5 Å². The van der Waals surface area contributed by atoms with Crippen molar-refractivity contribution in [3.63, 3.8) is 0 Å². The minimum atomic E-state index is -1.33. The van der Waals surface area contributed by atoms with Gasteiger partial charge < -0.3 is 18.9 Å². The molecule has 0 radical (unpaired) electrons. The summed E-state index contributed by atoms with van der Waals surface area (Å²) in [5, 5.41) is 0. The van der Waals surface area contributed by atoms with Crippen LogP contribution >= 0.6 is 0 Å². The lowest BCUT2D eigenvalue weighted by Crippen LogP contribution is -2.43. The first-order chi connectivity index (χ1) is 9.63. The predicted octanol–water partition coefficient (Wildman–Crippen LogP) is 2.32. The monoisotopic (exact) mass is 282 g/mol. The van der Waals surface area contributed by atoms with Crippen molar-refractivity contribution in [2.24, 2.45) is 0 Å². The lowest BCUT2D eigenvalue weighted by atomic mass is 9.93. The van der Waals surface area contributed by atoms with Crippen LogP contribution in [0.3, 0.4) is 0 Å². The van der Waals surface area contributed by atoms with Crippen LogP contribution in [0.5, 0.6) is 0 Å². The number of methoxy groups -OCH3 is 3. The van der Waals surface area contributed by atoms with Crippen LogP contribution < -0.4 is 0 Å². The standard InChI is InChI=1S/C15H22O5/c1-5-20-14(16)11-13(12-9-7-6-8-10-12)15(17-2,18-3)19-4/h6-10,13H,5,11H2,1-4H3. The Balaban J connectivity index is 3.10. The summed E-state index contributed by atoms with van der Waals surface area (Å²) in [7, 11) is 4.44. The number of esters is 1. The van der Waals surface area contributed by atoms with Crippen molar-refractivity contribution >= 4 is 5.97 Å². The minimum absolute atomic E-state index is 0.105. The van der Waals surface area contributed by atoms with Crippen molar-refractivity contribution in [3.05, 3.63) is 35.9 Å². The highest BCUT2D eigenvalue weighted by Crippen LogP contribution is 2.35. The Morgan fingerprint density at radius 2 is 1.65 bits per heavy atom. The van der Waals surface area contributed by atoms with Gasteiger partial charge in [-0.15, -0.1) is 0 Å². The van der Waals surface area contributed by atoms with Gasteiger partial charge in [0.05, 0.1) is 18.9 Å². The molecule has 0 heterocycles. The van der Waals surface area contributed by atoms with Gasteiger partial charge in [-0.1, -0.05) is 30.3 Å². The topological polar surface area (TPSA) is 54.0 Å². The minimum Gasteiger partial charge on any atom is -0.466 e. The zero-order valence-electron chi connectivity index (χ0n) is 12.4. The number of ether oxygens (including phenoxy) is 4. The molecule has 0 amide bonds. The molecule has 0 N–H and O–H groups in total. The summed E-state index contributed by atoms with van der Waals surface area (Å²) in [5.74, 6) is -2.08. The number of carbonyl (C=O) groups excluding carboxylic acids is 1. The molecule has 0 aliphatic carbocycles. The Kier molecular flexibility index (Phi) is 6.64. The maximum Gasteiger partial charge on any atom is 0.306 e. The first kappa shape index (κ1) is 16.6. The zero-order valence-corrected chi connectivity index (χ0v) is 12.4. The van der Waals surface area contributed by atoms with Gasteiger partial charge >= 0.3 is 5.97 Å². The van der Waals surface area contributed by atoms with Gasteiger partial charge in [0.2, 0.25) is 0 Å². The molecule has 0 fully saturated rings. The Hall–Kier alpha value is -1.43. The molecule has 0 saturated carbocycles. The van der Waals surface area contributed by atoms with Crippen molar-refractivity contribution in [3.8, 4) is 0 Å². The molecule has 1 aromatic carbocycles. The number of hydrogen-bond donors (Lipinski definition) is 0. The molecule has 1 aromatic rings. The molecular formula is C15H22O5. The smallest absolute Gasteiger partial charge is 0.306 e. The Bertz CT molecular complexity index is 392. The summed E-state index contributed by atoms with van der Waals surface area (Å²) in [6.45, 7) is 2.10. The maximum absolute atomic E-state index is 11.8. The zero-order chi connectivity index (χ0) is 15.0. The van der Waals surface area contributed by atoms with E-state index in [0.29, 0.717) is 6.61 Å². The fraction of sp³-hybridized carbons (Fsp3) is 0.533. The fourth-order valence-corrected chi connectivity index (χ4v) is 2.20. The van der Waals surface area contributed by atoms with Gasteiger partial charge in [0.1, 0.15) is 0 Å². The summed E-state index contributed by atoms with van der Waals surface area (Å²) in [5.41, 5.74) is 0.881. The molecule has 0 bridgehead atoms. The third-order valence-electron chi connectivity index (χ3n) is 3.16. The van der Waals surface area contributed by atoms with E-state index in [-0.39, 0.29) is 12.4 Å². The van der Waals surface area contributed by atoms with E-state index < -0.39 is 11.9 Å². The number of hydrogen-bond acceptors (Lipinski definition) is 5. The molecule has 0 aliphatic rings. The number of rotatable bonds is 8. The average molecular weight is 282 g/mol. The summed E-state index contributed by atoms with van der Waals surface area (Å²) >= 11 is 0. The maximum atomic E-state index is 11.8. The van der Waals surface area contributed by atoms with E-state index in [1.807, 2.05) is 30.3 Å². The highest BCUT2D eigenvalue weighted by atomic mass is 16.9. The predicted molar refractivity (Wildman–Crippen MR) is 74.2 cm³/mol. The lowest BCUT2D eigenvalue weighted by molar-refractivity contribution is -0.364. The van der Waals surface area contributed by atoms with E-state index in [2.05, 4.69) is 0 Å². The summed E-state index contributed by atoms with van der Waals surface area (Å²) < 4.78 is 21.2. The Morgan fingerprint density at radius 3 is 2.10 bits per heavy atom. The molecule has 0 aromatic heterocycles. The SMILES string of the molecule is CCOC(=O)CC(c1ccccc1)C(OC)(OC)OC. The normalized spacial score (nSPS) is 13.0. The summed E-state index contributed by atoms with van der Waals surface area (Å²) in [6.07, 6.45) is 0.105. The molecule has 1 atom stereocenters. The average Bonchev–Trinajstić information content (AvgIpc) is 2.49. The van der Waals surface area contributed by atoms with Crippen LogP contribution in [0, 0.1) is 0 Å². The van der Waals surface area contributed by atoms with Gasteiger partial charge in [0.25, 0.3) is 5.97 Å². The summed E-state index contributed by atoms with van der Waals surface area (Å²) in [6, 6.07) is 9.48. The quantitative estimate of drug-likeness (QED) is 0.541. The Labute approximate surface area is 119 Å². The molecule has 1 rings (SSSR count). The first-order valence-corrected chi connectivity index (χ1v) is 6.49. The molecule has 0 spiro atoms. The second-order valence-corrected chi connectivity index (χ2v) is 4.19. The van der Waals surface area contributed by atoms with E-state index in [1.165, 1.54) is 21.3 Å². The van der Waals surface area contributed by atoms with Crippen LogP contribution in [0.2, 0.25) is 0 Å². The Morgan fingerprint density at radius 1 is 1.10 bits per heavy atom. The molecule has 5 nitrogen and oxygen atoms in total. The number of carbonyl (C=O) groups is 1. The van der Waals surface area contributed by atoms with E-state index in [9.17, 15) is 4.79 Å². The lowest BCUT2D eigenvalue weighted by Gasteiger charge is -2.36. The highest BCUT2D eigenvalue weighted by molar-refractivity contribution is 5.70. The van der Waals surface area contributed by atoms with Crippen molar-refractivity contribution in [2.45, 2.75) is 25.2 Å². The molecule has 0 aliphatic heterocycles. The fourth-order valence-electron chi connectivity index (χ4n) is 2.20. The highest BCUT2D eigenvalue weighted by Gasteiger charge is 2.42. The van der Waals surface area contributed by atoms with Crippen molar-refractivity contribution in [2.75, 3.05) is 27.9 Å². The van der Waals surface area contributed by atoms with E-state index >= 15 is 0 Å². The van der Waals surface area contributed by atoms with Crippen LogP contribution in [0.25, 0.3) is 0 Å². The molecule has 1 unspecified atom stereocenters. The van der Waals surface area contributed by atoms with Crippen LogP contribution in [-0.4, -0.2) is 39.9 Å². The van der Waals surface area contributed by atoms with Gasteiger partial charge in [-0.25, -0.2) is 0 Å². The van der Waals surface area contributed by atoms with Gasteiger partial charge in [0.15, 0.2) is 0 Å².